The van der Waals surface area contributed by atoms with Gasteiger partial charge in [-0.15, -0.1) is 0 Å². The van der Waals surface area contributed by atoms with Crippen LogP contribution in [0.1, 0.15) is 16.9 Å². The number of hydrogen-bond acceptors (Lipinski definition) is 5. The molecule has 0 bridgehead atoms. The van der Waals surface area contributed by atoms with Gasteiger partial charge in [0.2, 0.25) is 0 Å². The summed E-state index contributed by atoms with van der Waals surface area (Å²) in [6.45, 7) is 1.22. The minimum Gasteiger partial charge on any atom is -0.496 e. The molecule has 0 radical (unpaired) electrons. The van der Waals surface area contributed by atoms with Gasteiger partial charge in [0.25, 0.3) is 5.91 Å². The largest absolute Gasteiger partial charge is 0.496 e. The van der Waals surface area contributed by atoms with E-state index in [1.807, 2.05) is 24.3 Å². The molecular weight excluding hydrogens is 294 g/mol. The molecule has 0 unspecified atom stereocenters. The molecule has 118 valence electrons. The van der Waals surface area contributed by atoms with Gasteiger partial charge in [0, 0.05) is 24.7 Å². The van der Waals surface area contributed by atoms with E-state index in [-0.39, 0.29) is 11.9 Å². The number of H-pyrrole nitrogens is 1. The van der Waals surface area contributed by atoms with Gasteiger partial charge in [0.1, 0.15) is 5.75 Å². The zero-order valence-electron chi connectivity index (χ0n) is 12.7. The number of carbonyl (C=O) groups is 1. The van der Waals surface area contributed by atoms with E-state index in [1.165, 1.54) is 0 Å². The Morgan fingerprint density at radius 3 is 3.09 bits per heavy atom. The van der Waals surface area contributed by atoms with Crippen molar-refractivity contribution in [2.24, 2.45) is 0 Å². The number of carbonyl (C=O) groups excluding carboxylic acids is 1. The van der Waals surface area contributed by atoms with Crippen LogP contribution in [0.5, 0.6) is 5.75 Å². The van der Waals surface area contributed by atoms with Crippen LogP contribution in [0.25, 0.3) is 11.3 Å². The van der Waals surface area contributed by atoms with Crippen molar-refractivity contribution in [2.45, 2.75) is 12.5 Å². The SMILES string of the molecule is COc1ccccc1-c1cc(C(=O)N[C@@H]2CCN(C#N)C2)n[nH]1. The predicted molar refractivity (Wildman–Crippen MR) is 83.6 cm³/mol. The normalized spacial score (nSPS) is 16.9. The third kappa shape index (κ3) is 3.11. The summed E-state index contributed by atoms with van der Waals surface area (Å²) in [6, 6.07) is 9.21. The molecule has 1 aromatic carbocycles. The number of aromatic nitrogens is 2. The fourth-order valence-corrected chi connectivity index (χ4v) is 2.67. The zero-order chi connectivity index (χ0) is 16.2. The quantitative estimate of drug-likeness (QED) is 0.832. The average molecular weight is 311 g/mol. The highest BCUT2D eigenvalue weighted by atomic mass is 16.5. The molecular formula is C16H17N5O2. The van der Waals surface area contributed by atoms with Gasteiger partial charge in [-0.1, -0.05) is 12.1 Å². The molecule has 1 aromatic heterocycles. The monoisotopic (exact) mass is 311 g/mol. The van der Waals surface area contributed by atoms with Gasteiger partial charge < -0.3 is 15.0 Å². The second-order valence-corrected chi connectivity index (χ2v) is 5.37. The molecule has 1 saturated heterocycles. The standard InChI is InChI=1S/C16H17N5O2/c1-23-15-5-3-2-4-12(15)13-8-14(20-19-13)16(22)18-11-6-7-21(9-11)10-17/h2-5,8,11H,6-7,9H2,1H3,(H,18,22)(H,19,20)/t11-/m1/s1. The summed E-state index contributed by atoms with van der Waals surface area (Å²) in [4.78, 5) is 13.9. The fraction of sp³-hybridized carbons (Fsp3) is 0.312. The predicted octanol–water partition coefficient (Wildman–Crippen LogP) is 1.37. The van der Waals surface area contributed by atoms with E-state index >= 15 is 0 Å². The maximum Gasteiger partial charge on any atom is 0.272 e. The Morgan fingerprint density at radius 1 is 1.52 bits per heavy atom. The summed E-state index contributed by atoms with van der Waals surface area (Å²) in [5.41, 5.74) is 1.89. The minimum atomic E-state index is -0.243. The molecule has 7 heteroatoms. The van der Waals surface area contributed by atoms with E-state index < -0.39 is 0 Å². The molecule has 2 N–H and O–H groups in total. The van der Waals surface area contributed by atoms with Gasteiger partial charge in [-0.05, 0) is 24.6 Å². The number of rotatable bonds is 4. The lowest BCUT2D eigenvalue weighted by atomic mass is 10.1. The van der Waals surface area contributed by atoms with Crippen molar-refractivity contribution < 1.29 is 9.53 Å². The summed E-state index contributed by atoms with van der Waals surface area (Å²) < 4.78 is 5.32. The number of amides is 1. The Balaban J connectivity index is 1.72. The van der Waals surface area contributed by atoms with E-state index in [4.69, 9.17) is 10.00 Å². The highest BCUT2D eigenvalue weighted by molar-refractivity contribution is 5.93. The van der Waals surface area contributed by atoms with Gasteiger partial charge in [-0.2, -0.15) is 10.4 Å². The molecule has 2 heterocycles. The molecule has 7 nitrogen and oxygen atoms in total. The number of nitrogens with zero attached hydrogens (tertiary/aromatic N) is 3. The summed E-state index contributed by atoms with van der Waals surface area (Å²) in [5.74, 6) is 0.468. The topological polar surface area (TPSA) is 94.0 Å². The molecule has 1 aliphatic rings. The summed E-state index contributed by atoms with van der Waals surface area (Å²) in [7, 11) is 1.60. The first-order valence-electron chi connectivity index (χ1n) is 7.35. The number of ether oxygens (including phenoxy) is 1. The average Bonchev–Trinajstić information content (AvgIpc) is 3.24. The van der Waals surface area contributed by atoms with Crippen LogP contribution in [0.2, 0.25) is 0 Å². The molecule has 0 aliphatic carbocycles. The molecule has 1 atom stereocenters. The van der Waals surface area contributed by atoms with Crippen LogP contribution >= 0.6 is 0 Å². The lowest BCUT2D eigenvalue weighted by Crippen LogP contribution is -2.36. The van der Waals surface area contributed by atoms with Gasteiger partial charge in [0.05, 0.1) is 12.8 Å². The number of benzene rings is 1. The second kappa shape index (κ2) is 6.40. The van der Waals surface area contributed by atoms with Crippen molar-refractivity contribution in [3.05, 3.63) is 36.0 Å². The van der Waals surface area contributed by atoms with Gasteiger partial charge in [0.15, 0.2) is 11.9 Å². The lowest BCUT2D eigenvalue weighted by Gasteiger charge is -2.10. The molecule has 3 rings (SSSR count). The highest BCUT2D eigenvalue weighted by Gasteiger charge is 2.24. The Hall–Kier alpha value is -3.01. The van der Waals surface area contributed by atoms with Crippen molar-refractivity contribution in [3.8, 4) is 23.2 Å². The maximum absolute atomic E-state index is 12.3. The summed E-state index contributed by atoms with van der Waals surface area (Å²) in [6.07, 6.45) is 2.86. The van der Waals surface area contributed by atoms with E-state index in [0.717, 1.165) is 17.7 Å². The van der Waals surface area contributed by atoms with Crippen LogP contribution in [0.15, 0.2) is 30.3 Å². The molecule has 1 aliphatic heterocycles. The summed E-state index contributed by atoms with van der Waals surface area (Å²) in [5, 5.41) is 18.7. The maximum atomic E-state index is 12.3. The number of likely N-dealkylation sites (tertiary alicyclic amines) is 1. The van der Waals surface area contributed by atoms with Crippen molar-refractivity contribution in [2.75, 3.05) is 20.2 Å². The number of aromatic amines is 1. The smallest absolute Gasteiger partial charge is 0.272 e. The minimum absolute atomic E-state index is 0.0199. The third-order valence-corrected chi connectivity index (χ3v) is 3.87. The summed E-state index contributed by atoms with van der Waals surface area (Å²) >= 11 is 0. The molecule has 0 spiro atoms. The van der Waals surface area contributed by atoms with Crippen LogP contribution in [0.3, 0.4) is 0 Å². The number of hydrogen-bond donors (Lipinski definition) is 2. The zero-order valence-corrected chi connectivity index (χ0v) is 12.7. The van der Waals surface area contributed by atoms with Crippen molar-refractivity contribution in [3.63, 3.8) is 0 Å². The van der Waals surface area contributed by atoms with Gasteiger partial charge in [-0.25, -0.2) is 0 Å². The van der Waals surface area contributed by atoms with E-state index in [0.29, 0.717) is 24.5 Å². The molecule has 23 heavy (non-hydrogen) atoms. The van der Waals surface area contributed by atoms with Crippen LogP contribution in [-0.4, -0.2) is 47.2 Å². The Kier molecular flexibility index (Phi) is 4.15. The molecule has 1 fully saturated rings. The molecule has 1 amide bonds. The second-order valence-electron chi connectivity index (χ2n) is 5.37. The third-order valence-electron chi connectivity index (χ3n) is 3.87. The van der Waals surface area contributed by atoms with Crippen LogP contribution < -0.4 is 10.1 Å². The molecule has 2 aromatic rings. The van der Waals surface area contributed by atoms with Gasteiger partial charge >= 0.3 is 0 Å². The first kappa shape index (κ1) is 14.9. The lowest BCUT2D eigenvalue weighted by molar-refractivity contribution is 0.0933. The highest BCUT2D eigenvalue weighted by Crippen LogP contribution is 2.28. The van der Waals surface area contributed by atoms with Crippen LogP contribution in [-0.2, 0) is 0 Å². The van der Waals surface area contributed by atoms with Crippen LogP contribution in [0.4, 0.5) is 0 Å². The number of nitrogens with one attached hydrogen (secondary N) is 2. The number of methoxy groups -OCH3 is 1. The molecule has 0 saturated carbocycles. The van der Waals surface area contributed by atoms with Crippen LogP contribution in [0, 0.1) is 11.5 Å². The number of para-hydroxylation sites is 1. The van der Waals surface area contributed by atoms with E-state index in [2.05, 4.69) is 21.7 Å². The van der Waals surface area contributed by atoms with Crippen molar-refractivity contribution >= 4 is 5.91 Å². The fourth-order valence-electron chi connectivity index (χ4n) is 2.67. The Labute approximate surface area is 133 Å². The number of nitriles is 1. The first-order valence-corrected chi connectivity index (χ1v) is 7.35. The van der Waals surface area contributed by atoms with Gasteiger partial charge in [-0.3, -0.25) is 9.89 Å². The Morgan fingerprint density at radius 2 is 2.35 bits per heavy atom. The Bertz CT molecular complexity index is 749. The van der Waals surface area contributed by atoms with E-state index in [1.54, 1.807) is 18.1 Å². The van der Waals surface area contributed by atoms with Crippen molar-refractivity contribution in [1.82, 2.24) is 20.4 Å². The van der Waals surface area contributed by atoms with E-state index in [9.17, 15) is 4.79 Å². The first-order chi connectivity index (χ1) is 11.2. The van der Waals surface area contributed by atoms with Crippen molar-refractivity contribution in [1.29, 1.82) is 5.26 Å².